The van der Waals surface area contributed by atoms with Crippen LogP contribution in [0.15, 0.2) is 18.2 Å². The van der Waals surface area contributed by atoms with E-state index < -0.39 is 35.8 Å². The Morgan fingerprint density at radius 3 is 2.69 bits per heavy atom. The number of H-pyrrole nitrogens is 1. The van der Waals surface area contributed by atoms with Gasteiger partial charge in [-0.3, -0.25) is 14.4 Å². The summed E-state index contributed by atoms with van der Waals surface area (Å²) < 4.78 is 42.0. The van der Waals surface area contributed by atoms with Crippen molar-refractivity contribution >= 4 is 28.6 Å². The fourth-order valence-electron chi connectivity index (χ4n) is 4.11. The minimum absolute atomic E-state index is 0.0437. The van der Waals surface area contributed by atoms with Crippen LogP contribution in [0.3, 0.4) is 0 Å². The quantitative estimate of drug-likeness (QED) is 0.435. The average Bonchev–Trinajstić information content (AvgIpc) is 3.38. The Morgan fingerprint density at radius 1 is 1.34 bits per heavy atom. The molecule has 3 N–H and O–H groups in total. The Bertz CT molecular complexity index is 1140. The topological polar surface area (TPSA) is 137 Å². The number of nitriles is 1. The van der Waals surface area contributed by atoms with Crippen LogP contribution in [0.5, 0.6) is 5.75 Å². The third-order valence-corrected chi connectivity index (χ3v) is 5.68. The Hall–Kier alpha value is -3.62. The average molecular weight is 493 g/mol. The summed E-state index contributed by atoms with van der Waals surface area (Å²) in [6.07, 6.45) is -4.10. The maximum Gasteiger partial charge on any atom is 0.573 e. The molecule has 0 spiro atoms. The van der Waals surface area contributed by atoms with Gasteiger partial charge >= 0.3 is 6.36 Å². The molecule has 3 unspecified atom stereocenters. The Morgan fingerprint density at radius 2 is 2.09 bits per heavy atom. The van der Waals surface area contributed by atoms with Gasteiger partial charge in [-0.2, -0.15) is 5.26 Å². The molecule has 1 aliphatic rings. The molecule has 2 heterocycles. The summed E-state index contributed by atoms with van der Waals surface area (Å²) in [6.45, 7) is 4.27. The van der Waals surface area contributed by atoms with Gasteiger partial charge in [0.2, 0.25) is 11.8 Å². The molecule has 0 bridgehead atoms. The van der Waals surface area contributed by atoms with Gasteiger partial charge in [0.15, 0.2) is 17.4 Å². The highest BCUT2D eigenvalue weighted by molar-refractivity contribution is 5.99. The molecule has 3 atom stereocenters. The largest absolute Gasteiger partial charge is 0.573 e. The molecule has 188 valence electrons. The minimum atomic E-state index is -4.92. The normalized spacial score (nSPS) is 17.6. The highest BCUT2D eigenvalue weighted by Crippen LogP contribution is 2.30. The molecule has 0 saturated carbocycles. The molecule has 3 rings (SSSR count). The number of imidazole rings is 1. The SMILES string of the molecule is CC(C)CC(CC(=O)c1nc2c(OC(F)(F)F)cccc2[nH]1)C(=O)NC(C#N)CC1CCNC1=O. The lowest BCUT2D eigenvalue weighted by molar-refractivity contribution is -0.274. The van der Waals surface area contributed by atoms with Gasteiger partial charge in [-0.05, 0) is 37.3 Å². The van der Waals surface area contributed by atoms with Crippen LogP contribution in [0, 0.1) is 29.1 Å². The number of para-hydroxylation sites is 1. The molecule has 1 saturated heterocycles. The molecular formula is C23H26F3N5O4. The van der Waals surface area contributed by atoms with Gasteiger partial charge in [0, 0.05) is 24.8 Å². The smallest absolute Gasteiger partial charge is 0.403 e. The van der Waals surface area contributed by atoms with Crippen molar-refractivity contribution in [3.63, 3.8) is 0 Å². The van der Waals surface area contributed by atoms with Crippen LogP contribution < -0.4 is 15.4 Å². The van der Waals surface area contributed by atoms with Crippen molar-refractivity contribution in [1.29, 1.82) is 5.26 Å². The third-order valence-electron chi connectivity index (χ3n) is 5.68. The number of aromatic nitrogens is 2. The van der Waals surface area contributed by atoms with Gasteiger partial charge in [0.05, 0.1) is 11.6 Å². The maximum absolute atomic E-state index is 13.0. The lowest BCUT2D eigenvalue weighted by Gasteiger charge is -2.21. The van der Waals surface area contributed by atoms with Crippen molar-refractivity contribution in [2.24, 2.45) is 17.8 Å². The molecule has 2 aromatic rings. The van der Waals surface area contributed by atoms with Crippen molar-refractivity contribution in [1.82, 2.24) is 20.6 Å². The number of fused-ring (bicyclic) bond motifs is 1. The van der Waals surface area contributed by atoms with E-state index in [1.807, 2.05) is 19.9 Å². The van der Waals surface area contributed by atoms with Gasteiger partial charge in [-0.1, -0.05) is 19.9 Å². The molecular weight excluding hydrogens is 467 g/mol. The minimum Gasteiger partial charge on any atom is -0.403 e. The van der Waals surface area contributed by atoms with E-state index in [2.05, 4.69) is 25.3 Å². The number of benzene rings is 1. The van der Waals surface area contributed by atoms with Crippen LogP contribution in [0.1, 0.15) is 50.1 Å². The summed E-state index contributed by atoms with van der Waals surface area (Å²) in [5.41, 5.74) is 0.0248. The molecule has 1 aromatic carbocycles. The zero-order valence-electron chi connectivity index (χ0n) is 19.2. The van der Waals surface area contributed by atoms with E-state index in [0.29, 0.717) is 19.4 Å². The highest BCUT2D eigenvalue weighted by Gasteiger charge is 2.33. The predicted molar refractivity (Wildman–Crippen MR) is 118 cm³/mol. The molecule has 1 aliphatic heterocycles. The summed E-state index contributed by atoms with van der Waals surface area (Å²) in [6, 6.07) is 4.98. The number of ether oxygens (including phenoxy) is 1. The Kier molecular flexibility index (Phi) is 7.99. The molecule has 12 heteroatoms. The summed E-state index contributed by atoms with van der Waals surface area (Å²) in [4.78, 5) is 44.4. The summed E-state index contributed by atoms with van der Waals surface area (Å²) >= 11 is 0. The zero-order valence-corrected chi connectivity index (χ0v) is 19.2. The monoisotopic (exact) mass is 493 g/mol. The van der Waals surface area contributed by atoms with E-state index in [1.54, 1.807) is 0 Å². The second-order valence-electron chi connectivity index (χ2n) is 8.94. The number of Topliss-reactive ketones (excluding diaryl/α,β-unsaturated/α-hetero) is 1. The number of alkyl halides is 3. The standard InChI is InChI=1S/C23H26F3N5O4/c1-12(2)8-14(22(34)29-15(11-27)9-13-6-7-28-21(13)33)10-17(32)20-30-16-4-3-5-18(19(16)31-20)35-23(24,25)26/h3-5,12-15H,6-10H2,1-2H3,(H,28,33)(H,29,34)(H,30,31). The van der Waals surface area contributed by atoms with Gasteiger partial charge in [-0.15, -0.1) is 13.2 Å². The van der Waals surface area contributed by atoms with E-state index in [4.69, 9.17) is 0 Å². The molecule has 1 aromatic heterocycles. The maximum atomic E-state index is 13.0. The Balaban J connectivity index is 1.74. The van der Waals surface area contributed by atoms with Crippen molar-refractivity contribution in [2.75, 3.05) is 6.54 Å². The summed E-state index contributed by atoms with van der Waals surface area (Å²) in [5, 5.41) is 14.8. The number of nitrogens with zero attached hydrogens (tertiary/aromatic N) is 2. The highest BCUT2D eigenvalue weighted by atomic mass is 19.4. The molecule has 2 amide bonds. The number of aromatic amines is 1. The zero-order chi connectivity index (χ0) is 25.8. The van der Waals surface area contributed by atoms with Crippen LogP contribution >= 0.6 is 0 Å². The first-order valence-electron chi connectivity index (χ1n) is 11.2. The van der Waals surface area contributed by atoms with Crippen LogP contribution in [0.2, 0.25) is 0 Å². The predicted octanol–water partition coefficient (Wildman–Crippen LogP) is 3.23. The van der Waals surface area contributed by atoms with E-state index in [1.165, 1.54) is 12.1 Å². The first kappa shape index (κ1) is 26.0. The molecule has 1 fully saturated rings. The molecule has 0 radical (unpaired) electrons. The van der Waals surface area contributed by atoms with Crippen LogP contribution in [0.4, 0.5) is 13.2 Å². The summed E-state index contributed by atoms with van der Waals surface area (Å²) in [7, 11) is 0. The Labute approximate surface area is 199 Å². The number of amides is 2. The van der Waals surface area contributed by atoms with E-state index in [0.717, 1.165) is 6.07 Å². The molecule has 9 nitrogen and oxygen atoms in total. The second-order valence-corrected chi connectivity index (χ2v) is 8.94. The number of halogens is 3. The van der Waals surface area contributed by atoms with E-state index in [-0.39, 0.29) is 47.4 Å². The van der Waals surface area contributed by atoms with Gasteiger partial charge in [0.1, 0.15) is 11.6 Å². The van der Waals surface area contributed by atoms with Crippen LogP contribution in [0.25, 0.3) is 11.0 Å². The summed E-state index contributed by atoms with van der Waals surface area (Å²) in [5.74, 6) is -3.09. The number of carbonyl (C=O) groups excluding carboxylic acids is 3. The van der Waals surface area contributed by atoms with Crippen molar-refractivity contribution < 1.29 is 32.3 Å². The van der Waals surface area contributed by atoms with Crippen LogP contribution in [-0.2, 0) is 9.59 Å². The lowest BCUT2D eigenvalue weighted by atomic mass is 9.90. The lowest BCUT2D eigenvalue weighted by Crippen LogP contribution is -2.41. The number of ketones is 1. The number of hydrogen-bond acceptors (Lipinski definition) is 6. The fraction of sp³-hybridized carbons (Fsp3) is 0.522. The van der Waals surface area contributed by atoms with Crippen molar-refractivity contribution in [2.45, 2.75) is 51.9 Å². The van der Waals surface area contributed by atoms with Crippen molar-refractivity contribution in [3.05, 3.63) is 24.0 Å². The third kappa shape index (κ3) is 6.94. The number of hydrogen-bond donors (Lipinski definition) is 3. The number of rotatable bonds is 10. The van der Waals surface area contributed by atoms with Gasteiger partial charge < -0.3 is 20.4 Å². The number of carbonyl (C=O) groups is 3. The van der Waals surface area contributed by atoms with E-state index >= 15 is 0 Å². The first-order chi connectivity index (χ1) is 16.5. The van der Waals surface area contributed by atoms with Gasteiger partial charge in [0.25, 0.3) is 0 Å². The van der Waals surface area contributed by atoms with Gasteiger partial charge in [-0.25, -0.2) is 4.98 Å². The molecule has 0 aliphatic carbocycles. The fourth-order valence-corrected chi connectivity index (χ4v) is 4.11. The second kappa shape index (κ2) is 10.8. The van der Waals surface area contributed by atoms with Crippen LogP contribution in [-0.4, -0.2) is 46.5 Å². The first-order valence-corrected chi connectivity index (χ1v) is 11.2. The number of nitrogens with one attached hydrogen (secondary N) is 3. The molecule has 35 heavy (non-hydrogen) atoms. The van der Waals surface area contributed by atoms with E-state index in [9.17, 15) is 32.8 Å². The van der Waals surface area contributed by atoms with Crippen molar-refractivity contribution in [3.8, 4) is 11.8 Å².